The molecular weight excluding hydrogens is 182 g/mol. The van der Waals surface area contributed by atoms with Crippen LogP contribution in [0.2, 0.25) is 0 Å². The van der Waals surface area contributed by atoms with Crippen molar-refractivity contribution in [3.8, 4) is 12.3 Å². The minimum absolute atomic E-state index is 0.0131. The summed E-state index contributed by atoms with van der Waals surface area (Å²) in [4.78, 5) is 21.8. The maximum Gasteiger partial charge on any atom is 0.327 e. The predicted octanol–water partition coefficient (Wildman–Crippen LogP) is 0.625. The first-order chi connectivity index (χ1) is 6.47. The molecule has 0 fully saturated rings. The van der Waals surface area contributed by atoms with E-state index in [1.807, 2.05) is 13.8 Å². The van der Waals surface area contributed by atoms with E-state index in [-0.39, 0.29) is 18.2 Å². The fourth-order valence-corrected chi connectivity index (χ4v) is 0.942. The van der Waals surface area contributed by atoms with Crippen LogP contribution in [0.15, 0.2) is 0 Å². The molecule has 0 aromatic heterocycles. The Morgan fingerprint density at radius 3 is 2.43 bits per heavy atom. The van der Waals surface area contributed by atoms with Crippen LogP contribution in [0.3, 0.4) is 0 Å². The van der Waals surface area contributed by atoms with Gasteiger partial charge in [0, 0.05) is 12.8 Å². The molecule has 0 heterocycles. The number of hydrogen-bond acceptors (Lipinski definition) is 2. The predicted molar refractivity (Wildman–Crippen MR) is 52.5 cm³/mol. The van der Waals surface area contributed by atoms with Crippen molar-refractivity contribution in [2.45, 2.75) is 32.7 Å². The number of amides is 1. The molecule has 0 unspecified atom stereocenters. The summed E-state index contributed by atoms with van der Waals surface area (Å²) < 4.78 is 0. The van der Waals surface area contributed by atoms with Crippen LogP contribution in [0, 0.1) is 18.3 Å². The van der Waals surface area contributed by atoms with E-state index in [9.17, 15) is 9.59 Å². The Labute approximate surface area is 83.7 Å². The molecular formula is C10H15NO3. The number of aliphatic carboxylic acids is 1. The van der Waals surface area contributed by atoms with Gasteiger partial charge in [-0.3, -0.25) is 4.79 Å². The van der Waals surface area contributed by atoms with Gasteiger partial charge in [-0.05, 0) is 5.92 Å². The summed E-state index contributed by atoms with van der Waals surface area (Å²) in [5.41, 5.74) is 0. The van der Waals surface area contributed by atoms with Gasteiger partial charge in [-0.25, -0.2) is 4.79 Å². The highest BCUT2D eigenvalue weighted by Crippen LogP contribution is 2.00. The lowest BCUT2D eigenvalue weighted by Crippen LogP contribution is -2.40. The third-order valence-corrected chi connectivity index (χ3v) is 1.55. The zero-order valence-electron chi connectivity index (χ0n) is 8.41. The van der Waals surface area contributed by atoms with Crippen molar-refractivity contribution in [2.75, 3.05) is 0 Å². The van der Waals surface area contributed by atoms with Crippen LogP contribution in [0.1, 0.15) is 26.7 Å². The first kappa shape index (κ1) is 12.5. The molecule has 0 bridgehead atoms. The molecule has 0 aliphatic carbocycles. The van der Waals surface area contributed by atoms with E-state index in [0.29, 0.717) is 6.42 Å². The van der Waals surface area contributed by atoms with E-state index >= 15 is 0 Å². The van der Waals surface area contributed by atoms with Gasteiger partial charge in [0.15, 0.2) is 0 Å². The Morgan fingerprint density at radius 1 is 1.50 bits per heavy atom. The number of carboxylic acids is 1. The van der Waals surface area contributed by atoms with E-state index in [1.54, 1.807) is 0 Å². The van der Waals surface area contributed by atoms with Crippen molar-refractivity contribution >= 4 is 11.9 Å². The third kappa shape index (κ3) is 5.20. The number of carboxylic acid groups (broad SMARTS) is 1. The summed E-state index contributed by atoms with van der Waals surface area (Å²) in [5, 5.41) is 11.0. The highest BCUT2D eigenvalue weighted by Gasteiger charge is 2.18. The Hall–Kier alpha value is -1.50. The molecule has 0 aliphatic heterocycles. The van der Waals surface area contributed by atoms with Crippen LogP contribution in [-0.2, 0) is 9.59 Å². The van der Waals surface area contributed by atoms with Gasteiger partial charge in [0.25, 0.3) is 0 Å². The molecule has 0 spiro atoms. The summed E-state index contributed by atoms with van der Waals surface area (Å²) in [6, 6.07) is -0.966. The normalized spacial score (nSPS) is 11.9. The van der Waals surface area contributed by atoms with E-state index in [1.165, 1.54) is 0 Å². The van der Waals surface area contributed by atoms with Gasteiger partial charge >= 0.3 is 5.97 Å². The van der Waals surface area contributed by atoms with Crippen molar-refractivity contribution in [3.63, 3.8) is 0 Å². The number of carbonyl (C=O) groups is 2. The maximum absolute atomic E-state index is 11.2. The zero-order chi connectivity index (χ0) is 11.1. The van der Waals surface area contributed by atoms with E-state index in [0.717, 1.165) is 0 Å². The van der Waals surface area contributed by atoms with Crippen LogP contribution >= 0.6 is 0 Å². The second-order valence-electron chi connectivity index (χ2n) is 3.46. The fourth-order valence-electron chi connectivity index (χ4n) is 0.942. The van der Waals surface area contributed by atoms with E-state index in [2.05, 4.69) is 11.2 Å². The lowest BCUT2D eigenvalue weighted by Gasteiger charge is -2.12. The minimum Gasteiger partial charge on any atom is -0.480 e. The third-order valence-electron chi connectivity index (χ3n) is 1.55. The summed E-state index contributed by atoms with van der Waals surface area (Å²) in [5.74, 6) is 1.04. The zero-order valence-corrected chi connectivity index (χ0v) is 8.41. The average molecular weight is 197 g/mol. The molecule has 0 saturated heterocycles. The van der Waals surface area contributed by atoms with E-state index < -0.39 is 12.0 Å². The fraction of sp³-hybridized carbons (Fsp3) is 0.600. The summed E-state index contributed by atoms with van der Waals surface area (Å²) in [6.45, 7) is 3.77. The summed E-state index contributed by atoms with van der Waals surface area (Å²) >= 11 is 0. The highest BCUT2D eigenvalue weighted by atomic mass is 16.4. The standard InChI is InChI=1S/C10H15NO3/c1-4-5-8(10(13)14)11-9(12)6-7(2)3/h1,7-8H,5-6H2,2-3H3,(H,11,12)(H,13,14)/t8-/m0/s1. The molecule has 2 N–H and O–H groups in total. The van der Waals surface area contributed by atoms with Gasteiger partial charge in [-0.2, -0.15) is 0 Å². The molecule has 1 atom stereocenters. The molecule has 78 valence electrons. The molecule has 0 aliphatic rings. The molecule has 4 nitrogen and oxygen atoms in total. The molecule has 0 aromatic carbocycles. The van der Waals surface area contributed by atoms with Crippen molar-refractivity contribution in [3.05, 3.63) is 0 Å². The molecule has 0 saturated carbocycles. The topological polar surface area (TPSA) is 66.4 Å². The average Bonchev–Trinajstić information content (AvgIpc) is 2.01. The Morgan fingerprint density at radius 2 is 2.07 bits per heavy atom. The molecule has 4 heteroatoms. The van der Waals surface area contributed by atoms with Crippen LogP contribution in [-0.4, -0.2) is 23.0 Å². The van der Waals surface area contributed by atoms with Gasteiger partial charge in [0.2, 0.25) is 5.91 Å². The van der Waals surface area contributed by atoms with Crippen LogP contribution < -0.4 is 5.32 Å². The second-order valence-corrected chi connectivity index (χ2v) is 3.46. The minimum atomic E-state index is -1.10. The number of rotatable bonds is 5. The summed E-state index contributed by atoms with van der Waals surface area (Å²) in [7, 11) is 0. The number of nitrogens with one attached hydrogen (secondary N) is 1. The van der Waals surface area contributed by atoms with Gasteiger partial charge in [0.1, 0.15) is 6.04 Å². The van der Waals surface area contributed by atoms with Gasteiger partial charge in [-0.15, -0.1) is 12.3 Å². The number of hydrogen-bond donors (Lipinski definition) is 2. The van der Waals surface area contributed by atoms with Crippen molar-refractivity contribution in [1.29, 1.82) is 0 Å². The quantitative estimate of drug-likeness (QED) is 0.635. The first-order valence-electron chi connectivity index (χ1n) is 4.43. The Bertz CT molecular complexity index is 253. The van der Waals surface area contributed by atoms with Crippen molar-refractivity contribution in [1.82, 2.24) is 5.32 Å². The van der Waals surface area contributed by atoms with Crippen molar-refractivity contribution < 1.29 is 14.7 Å². The Kier molecular flexibility index (Phi) is 5.38. The molecule has 0 aromatic rings. The molecule has 1 amide bonds. The lowest BCUT2D eigenvalue weighted by atomic mass is 10.1. The SMILES string of the molecule is C#CC[C@H](NC(=O)CC(C)C)C(=O)O. The largest absolute Gasteiger partial charge is 0.480 e. The smallest absolute Gasteiger partial charge is 0.327 e. The first-order valence-corrected chi connectivity index (χ1v) is 4.43. The van der Waals surface area contributed by atoms with Gasteiger partial charge in [-0.1, -0.05) is 13.8 Å². The summed E-state index contributed by atoms with van der Waals surface area (Å²) in [6.07, 6.45) is 5.31. The highest BCUT2D eigenvalue weighted by molar-refractivity contribution is 5.83. The van der Waals surface area contributed by atoms with Crippen molar-refractivity contribution in [2.24, 2.45) is 5.92 Å². The van der Waals surface area contributed by atoms with Crippen LogP contribution in [0.25, 0.3) is 0 Å². The maximum atomic E-state index is 11.2. The second kappa shape index (κ2) is 6.03. The molecule has 14 heavy (non-hydrogen) atoms. The van der Waals surface area contributed by atoms with Crippen LogP contribution in [0.5, 0.6) is 0 Å². The van der Waals surface area contributed by atoms with E-state index in [4.69, 9.17) is 11.5 Å². The Balaban J connectivity index is 4.11. The number of carbonyl (C=O) groups excluding carboxylic acids is 1. The van der Waals surface area contributed by atoms with Gasteiger partial charge in [0.05, 0.1) is 0 Å². The van der Waals surface area contributed by atoms with Crippen LogP contribution in [0.4, 0.5) is 0 Å². The monoisotopic (exact) mass is 197 g/mol. The lowest BCUT2D eigenvalue weighted by molar-refractivity contribution is -0.141. The number of terminal acetylenes is 1. The van der Waals surface area contributed by atoms with Gasteiger partial charge < -0.3 is 10.4 Å². The molecule has 0 radical (unpaired) electrons. The molecule has 0 rings (SSSR count).